The molecule has 0 spiro atoms. The number of alkyl halides is 6. The molecule has 1 rings (SSSR count). The van der Waals surface area contributed by atoms with Crippen LogP contribution >= 0.6 is 0 Å². The lowest BCUT2D eigenvalue weighted by atomic mass is 10.1. The molecule has 0 unspecified atom stereocenters. The van der Waals surface area contributed by atoms with Crippen LogP contribution in [0, 0.1) is 0 Å². The topological polar surface area (TPSA) is 15.6 Å². The molecule has 1 aromatic rings. The summed E-state index contributed by atoms with van der Waals surface area (Å²) in [4.78, 5) is 4.67. The second-order valence-corrected chi connectivity index (χ2v) is 4.29. The molecule has 0 N–H and O–H groups in total. The van der Waals surface area contributed by atoms with Crippen molar-refractivity contribution in [3.8, 4) is 0 Å². The molecule has 0 aliphatic rings. The van der Waals surface area contributed by atoms with Crippen LogP contribution < -0.4 is 4.90 Å². The molecule has 0 saturated carbocycles. The zero-order valence-electron chi connectivity index (χ0n) is 10.9. The van der Waals surface area contributed by atoms with Crippen LogP contribution in [0.3, 0.4) is 0 Å². The van der Waals surface area contributed by atoms with Crippen molar-refractivity contribution < 1.29 is 26.3 Å². The van der Waals surface area contributed by atoms with Gasteiger partial charge in [-0.15, -0.1) is 0 Å². The second-order valence-electron chi connectivity index (χ2n) is 4.29. The van der Waals surface area contributed by atoms with E-state index in [1.165, 1.54) is 19.0 Å². The molecule has 20 heavy (non-hydrogen) atoms. The van der Waals surface area contributed by atoms with Gasteiger partial charge in [-0.3, -0.25) is 0 Å². The fraction of sp³-hybridized carbons (Fsp3) is 0.417. The van der Waals surface area contributed by atoms with Crippen molar-refractivity contribution in [2.24, 2.45) is 4.99 Å². The Labute approximate surface area is 111 Å². The molecule has 0 aromatic heterocycles. The van der Waals surface area contributed by atoms with E-state index in [-0.39, 0.29) is 11.4 Å². The first-order chi connectivity index (χ1) is 8.93. The third-order valence-corrected chi connectivity index (χ3v) is 2.48. The van der Waals surface area contributed by atoms with Crippen LogP contribution in [0.1, 0.15) is 12.5 Å². The minimum absolute atomic E-state index is 0.168. The van der Waals surface area contributed by atoms with E-state index in [0.717, 1.165) is 12.1 Å². The summed E-state index contributed by atoms with van der Waals surface area (Å²) in [5.41, 5.74) is -2.46. The average molecular weight is 298 g/mol. The normalized spacial score (nSPS) is 13.6. The zero-order valence-corrected chi connectivity index (χ0v) is 10.9. The van der Waals surface area contributed by atoms with Gasteiger partial charge in [0.1, 0.15) is 5.71 Å². The van der Waals surface area contributed by atoms with Crippen LogP contribution in [0.5, 0.6) is 0 Å². The van der Waals surface area contributed by atoms with Crippen molar-refractivity contribution in [1.29, 1.82) is 0 Å². The Hall–Kier alpha value is -1.73. The lowest BCUT2D eigenvalue weighted by Crippen LogP contribution is -2.19. The van der Waals surface area contributed by atoms with Gasteiger partial charge < -0.3 is 4.90 Å². The third-order valence-electron chi connectivity index (χ3n) is 2.48. The first kappa shape index (κ1) is 16.3. The zero-order chi connectivity index (χ0) is 15.7. The number of benzene rings is 1. The summed E-state index contributed by atoms with van der Waals surface area (Å²) < 4.78 is 75.1. The molecular weight excluding hydrogens is 286 g/mol. The molecule has 0 amide bonds. The maximum absolute atomic E-state index is 12.6. The summed E-state index contributed by atoms with van der Waals surface area (Å²) in [6, 6.07) is 2.49. The van der Waals surface area contributed by atoms with Gasteiger partial charge in [-0.05, 0) is 25.1 Å². The van der Waals surface area contributed by atoms with Crippen molar-refractivity contribution in [3.05, 3.63) is 23.8 Å². The molecule has 0 atom stereocenters. The molecule has 0 aliphatic heterocycles. The lowest BCUT2D eigenvalue weighted by molar-refractivity contribution is -0.137. The first-order valence-corrected chi connectivity index (χ1v) is 5.44. The Bertz CT molecular complexity index is 514. The summed E-state index contributed by atoms with van der Waals surface area (Å²) >= 11 is 0. The fourth-order valence-corrected chi connectivity index (χ4v) is 1.41. The number of nitrogens with zero attached hydrogens (tertiary/aromatic N) is 2. The van der Waals surface area contributed by atoms with Gasteiger partial charge in [-0.2, -0.15) is 26.3 Å². The molecule has 8 heteroatoms. The maximum Gasteiger partial charge on any atom is 0.429 e. The predicted octanol–water partition coefficient (Wildman–Crippen LogP) is 4.43. The summed E-state index contributed by atoms with van der Waals surface area (Å²) in [6.45, 7) is 0.708. The fourth-order valence-electron chi connectivity index (χ4n) is 1.41. The average Bonchev–Trinajstić information content (AvgIpc) is 2.25. The van der Waals surface area contributed by atoms with Crippen LogP contribution in [0.25, 0.3) is 0 Å². The van der Waals surface area contributed by atoms with Crippen LogP contribution in [-0.2, 0) is 6.18 Å². The largest absolute Gasteiger partial charge is 0.429 e. The van der Waals surface area contributed by atoms with Gasteiger partial charge >= 0.3 is 12.4 Å². The SMILES string of the molecule is CC(=Nc1cc(C(F)(F)F)ccc1N(C)C)C(F)(F)F. The molecule has 1 aromatic carbocycles. The third kappa shape index (κ3) is 3.88. The Morgan fingerprint density at radius 3 is 2.00 bits per heavy atom. The van der Waals surface area contributed by atoms with Gasteiger partial charge in [0.15, 0.2) is 0 Å². The van der Waals surface area contributed by atoms with Crippen molar-refractivity contribution in [1.82, 2.24) is 0 Å². The van der Waals surface area contributed by atoms with Crippen LogP contribution in [0.4, 0.5) is 37.7 Å². The molecule has 0 fully saturated rings. The van der Waals surface area contributed by atoms with E-state index >= 15 is 0 Å². The molecule has 2 nitrogen and oxygen atoms in total. The van der Waals surface area contributed by atoms with Gasteiger partial charge in [0.05, 0.1) is 16.9 Å². The molecule has 0 radical (unpaired) electrons. The van der Waals surface area contributed by atoms with E-state index in [1.54, 1.807) is 0 Å². The van der Waals surface area contributed by atoms with Crippen molar-refractivity contribution >= 4 is 17.1 Å². The standard InChI is InChI=1S/C12H12F6N2/c1-7(11(13,14)15)19-9-6-8(12(16,17)18)4-5-10(9)20(2)3/h4-6H,1-3H3. The minimum atomic E-state index is -4.68. The van der Waals surface area contributed by atoms with Crippen molar-refractivity contribution in [2.45, 2.75) is 19.3 Å². The molecule has 0 aliphatic carbocycles. The Morgan fingerprint density at radius 1 is 1.05 bits per heavy atom. The summed E-state index contributed by atoms with van der Waals surface area (Å²) in [6.07, 6.45) is -9.32. The van der Waals surface area contributed by atoms with Gasteiger partial charge in [-0.1, -0.05) is 0 Å². The molecule has 0 saturated heterocycles. The number of hydrogen-bond acceptors (Lipinski definition) is 2. The highest BCUT2D eigenvalue weighted by molar-refractivity contribution is 5.91. The van der Waals surface area contributed by atoms with E-state index in [4.69, 9.17) is 0 Å². The number of hydrogen-bond donors (Lipinski definition) is 0. The molecule has 0 heterocycles. The molecule has 0 bridgehead atoms. The number of aliphatic imine (C=N–C) groups is 1. The Morgan fingerprint density at radius 2 is 1.60 bits per heavy atom. The predicted molar refractivity (Wildman–Crippen MR) is 64.6 cm³/mol. The maximum atomic E-state index is 12.6. The highest BCUT2D eigenvalue weighted by atomic mass is 19.4. The van der Waals surface area contributed by atoms with Crippen LogP contribution in [-0.4, -0.2) is 26.0 Å². The van der Waals surface area contributed by atoms with Crippen molar-refractivity contribution in [3.63, 3.8) is 0 Å². The monoisotopic (exact) mass is 298 g/mol. The lowest BCUT2D eigenvalue weighted by Gasteiger charge is -2.18. The summed E-state index contributed by atoms with van der Waals surface area (Å²) in [7, 11) is 3.01. The quantitative estimate of drug-likeness (QED) is 0.582. The van der Waals surface area contributed by atoms with E-state index in [0.29, 0.717) is 13.0 Å². The number of halogens is 6. The highest BCUT2D eigenvalue weighted by Gasteiger charge is 2.34. The van der Waals surface area contributed by atoms with Crippen LogP contribution in [0.15, 0.2) is 23.2 Å². The number of rotatable bonds is 2. The molecular formula is C12H12F6N2. The van der Waals surface area contributed by atoms with E-state index in [9.17, 15) is 26.3 Å². The number of anilines is 1. The Balaban J connectivity index is 3.41. The molecule has 112 valence electrons. The highest BCUT2D eigenvalue weighted by Crippen LogP contribution is 2.37. The van der Waals surface area contributed by atoms with E-state index in [2.05, 4.69) is 4.99 Å². The summed E-state index contributed by atoms with van der Waals surface area (Å²) in [5, 5.41) is 0. The van der Waals surface area contributed by atoms with Crippen molar-refractivity contribution in [2.75, 3.05) is 19.0 Å². The van der Waals surface area contributed by atoms with E-state index < -0.39 is 23.6 Å². The van der Waals surface area contributed by atoms with Gasteiger partial charge in [-0.25, -0.2) is 4.99 Å². The smallest absolute Gasteiger partial charge is 0.376 e. The second kappa shape index (κ2) is 5.34. The van der Waals surface area contributed by atoms with Gasteiger partial charge in [0.25, 0.3) is 0 Å². The Kier molecular flexibility index (Phi) is 4.36. The summed E-state index contributed by atoms with van der Waals surface area (Å²) in [5.74, 6) is 0. The van der Waals surface area contributed by atoms with E-state index in [1.807, 2.05) is 0 Å². The van der Waals surface area contributed by atoms with Crippen LogP contribution in [0.2, 0.25) is 0 Å². The first-order valence-electron chi connectivity index (χ1n) is 5.44. The minimum Gasteiger partial charge on any atom is -0.376 e. The van der Waals surface area contributed by atoms with Gasteiger partial charge in [0, 0.05) is 14.1 Å². The van der Waals surface area contributed by atoms with Gasteiger partial charge in [0.2, 0.25) is 0 Å².